The lowest BCUT2D eigenvalue weighted by molar-refractivity contribution is 0.152. The first-order valence-electron chi connectivity index (χ1n) is 4.03. The molecule has 4 nitrogen and oxygen atoms in total. The predicted molar refractivity (Wildman–Crippen MR) is 56.3 cm³/mol. The van der Waals surface area contributed by atoms with Crippen LogP contribution < -0.4 is 5.32 Å². The summed E-state index contributed by atoms with van der Waals surface area (Å²) in [5.41, 5.74) is 0. The molecule has 0 heterocycles. The van der Waals surface area contributed by atoms with Gasteiger partial charge in [0, 0.05) is 6.54 Å². The van der Waals surface area contributed by atoms with Crippen LogP contribution in [0.1, 0.15) is 20.3 Å². The maximum Gasteiger partial charge on any atom is 0.407 e. The summed E-state index contributed by atoms with van der Waals surface area (Å²) >= 11 is 0. The Morgan fingerprint density at radius 3 is 2.25 bits per heavy atom. The molecule has 1 N–H and O–H groups in total. The van der Waals surface area contributed by atoms with Gasteiger partial charge in [0.05, 0.1) is 6.61 Å². The number of amides is 1. The van der Waals surface area contributed by atoms with E-state index in [1.165, 1.54) is 0 Å². The van der Waals surface area contributed by atoms with Gasteiger partial charge in [-0.15, -0.1) is 0 Å². The first kappa shape index (κ1) is 14.2. The summed E-state index contributed by atoms with van der Waals surface area (Å²) < 4.78 is 9.12. The third kappa shape index (κ3) is 16.3. The normalized spacial score (nSPS) is 8.50. The minimum absolute atomic E-state index is 0.320. The van der Waals surface area contributed by atoms with Crippen LogP contribution in [0.15, 0.2) is 0 Å². The van der Waals surface area contributed by atoms with Crippen molar-refractivity contribution in [2.75, 3.05) is 13.2 Å². The van der Waals surface area contributed by atoms with E-state index >= 15 is 0 Å². The second-order valence-electron chi connectivity index (χ2n) is 2.06. The van der Waals surface area contributed by atoms with Crippen molar-refractivity contribution in [3.05, 3.63) is 0 Å². The maximum atomic E-state index is 10.5. The zero-order valence-electron chi connectivity index (χ0n) is 8.35. The van der Waals surface area contributed by atoms with Crippen molar-refractivity contribution >= 4 is 27.1 Å². The lowest BCUT2D eigenvalue weighted by Crippen LogP contribution is -2.24. The highest BCUT2D eigenvalue weighted by Gasteiger charge is 1.94. The van der Waals surface area contributed by atoms with Gasteiger partial charge in [-0.25, -0.2) is 4.79 Å². The van der Waals surface area contributed by atoms with Crippen molar-refractivity contribution in [2.24, 2.45) is 0 Å². The average Bonchev–Trinajstić information content (AvgIpc) is 2.03. The van der Waals surface area contributed by atoms with Crippen molar-refractivity contribution < 1.29 is 13.6 Å². The maximum absolute atomic E-state index is 10.5. The van der Waals surface area contributed by atoms with Crippen molar-refractivity contribution in [3.8, 4) is 0 Å². The fourth-order valence-corrected chi connectivity index (χ4v) is 0.409. The first-order chi connectivity index (χ1) is 5.72. The number of carbonyl (C=O) groups is 1. The molecule has 0 aromatic heterocycles. The van der Waals surface area contributed by atoms with Crippen LogP contribution in [0.5, 0.6) is 0 Å². The Labute approximate surface area is 80.1 Å². The van der Waals surface area contributed by atoms with Crippen LogP contribution in [0.4, 0.5) is 4.79 Å². The number of ether oxygens (including phenoxy) is 1. The quantitative estimate of drug-likeness (QED) is 0.588. The summed E-state index contributed by atoms with van der Waals surface area (Å²) in [5, 5.41) is 2.57. The van der Waals surface area contributed by atoms with E-state index in [0.29, 0.717) is 13.2 Å². The molecule has 12 heavy (non-hydrogen) atoms. The van der Waals surface area contributed by atoms with Gasteiger partial charge in [-0.05, 0) is 13.3 Å². The molecule has 0 aliphatic rings. The Hall–Kier alpha value is -0.336. The Kier molecular flexibility index (Phi) is 15.7. The summed E-state index contributed by atoms with van der Waals surface area (Å²) in [4.78, 5) is 10.5. The van der Waals surface area contributed by atoms with Gasteiger partial charge in [-0.3, -0.25) is 0 Å². The van der Waals surface area contributed by atoms with Gasteiger partial charge in [0.1, 0.15) is 21.0 Å². The average molecular weight is 209 g/mol. The molecule has 0 rings (SSSR count). The van der Waals surface area contributed by atoms with Crippen LogP contribution in [0, 0.1) is 0 Å². The first-order valence-corrected chi connectivity index (χ1v) is 5.66. The number of alkyl carbamates (subject to hydrolysis) is 1. The standard InChI is InChI=1S/C6H13NO2.H6OSi2/c1-3-5-7-6(8)9-4-2;2-1-3/h3-5H2,1-2H3,(H,7,8);2-3H3. The molecule has 0 radical (unpaired) electrons. The molecule has 0 saturated carbocycles. The van der Waals surface area contributed by atoms with Crippen LogP contribution in [-0.2, 0) is 8.85 Å². The van der Waals surface area contributed by atoms with Crippen LogP contribution in [-0.4, -0.2) is 40.2 Å². The van der Waals surface area contributed by atoms with Crippen molar-refractivity contribution in [1.29, 1.82) is 0 Å². The van der Waals surface area contributed by atoms with E-state index in [4.69, 9.17) is 0 Å². The lowest BCUT2D eigenvalue weighted by atomic mass is 10.5. The van der Waals surface area contributed by atoms with E-state index in [1.807, 2.05) is 6.92 Å². The molecule has 0 aromatic rings. The van der Waals surface area contributed by atoms with Gasteiger partial charge in [-0.1, -0.05) is 6.92 Å². The monoisotopic (exact) mass is 209 g/mol. The summed E-state index contributed by atoms with van der Waals surface area (Å²) in [6, 6.07) is 0. The molecule has 0 aliphatic heterocycles. The predicted octanol–water partition coefficient (Wildman–Crippen LogP) is -1.29. The number of rotatable bonds is 3. The molecule has 0 aromatic carbocycles. The highest BCUT2D eigenvalue weighted by Crippen LogP contribution is 1.76. The molecule has 1 amide bonds. The fourth-order valence-electron chi connectivity index (χ4n) is 0.409. The number of nitrogens with one attached hydrogen (secondary N) is 1. The summed E-state index contributed by atoms with van der Waals surface area (Å²) in [5.74, 6) is 0. The second kappa shape index (κ2) is 13.3. The van der Waals surface area contributed by atoms with Gasteiger partial charge in [0.15, 0.2) is 0 Å². The molecule has 0 atom stereocenters. The van der Waals surface area contributed by atoms with Gasteiger partial charge in [0.25, 0.3) is 0 Å². The highest BCUT2D eigenvalue weighted by molar-refractivity contribution is 6.15. The lowest BCUT2D eigenvalue weighted by Gasteiger charge is -2.01. The van der Waals surface area contributed by atoms with Gasteiger partial charge >= 0.3 is 6.09 Å². The smallest absolute Gasteiger partial charge is 0.407 e. The third-order valence-electron chi connectivity index (χ3n) is 0.795. The summed E-state index contributed by atoms with van der Waals surface area (Å²) in [6.45, 7) is 4.91. The van der Waals surface area contributed by atoms with Gasteiger partial charge < -0.3 is 14.2 Å². The van der Waals surface area contributed by atoms with Crippen LogP contribution in [0.3, 0.4) is 0 Å². The van der Waals surface area contributed by atoms with E-state index in [9.17, 15) is 4.79 Å². The Bertz CT molecular complexity index is 103. The minimum Gasteiger partial charge on any atom is -0.471 e. The van der Waals surface area contributed by atoms with Crippen LogP contribution in [0.25, 0.3) is 0 Å². The molecule has 0 fully saturated rings. The van der Waals surface area contributed by atoms with Crippen molar-refractivity contribution in [3.63, 3.8) is 0 Å². The second-order valence-corrected chi connectivity index (χ2v) is 5.32. The zero-order valence-corrected chi connectivity index (χ0v) is 12.3. The molecule has 6 heteroatoms. The molecule has 0 unspecified atom stereocenters. The topological polar surface area (TPSA) is 47.6 Å². The Morgan fingerprint density at radius 1 is 1.42 bits per heavy atom. The van der Waals surface area contributed by atoms with Crippen LogP contribution >= 0.6 is 0 Å². The van der Waals surface area contributed by atoms with E-state index in [2.05, 4.69) is 14.2 Å². The molecule has 0 spiro atoms. The number of hydrogen-bond donors (Lipinski definition) is 1. The van der Waals surface area contributed by atoms with E-state index in [-0.39, 0.29) is 6.09 Å². The van der Waals surface area contributed by atoms with E-state index < -0.39 is 0 Å². The van der Waals surface area contributed by atoms with E-state index in [0.717, 1.165) is 27.4 Å². The Balaban J connectivity index is 0. The molecule has 74 valence electrons. The molecular weight excluding hydrogens is 190 g/mol. The third-order valence-corrected chi connectivity index (χ3v) is 0.795. The molecule has 0 saturated heterocycles. The van der Waals surface area contributed by atoms with E-state index in [1.54, 1.807) is 6.92 Å². The van der Waals surface area contributed by atoms with Gasteiger partial charge in [0.2, 0.25) is 0 Å². The van der Waals surface area contributed by atoms with Crippen LogP contribution in [0.2, 0.25) is 0 Å². The minimum atomic E-state index is -0.320. The van der Waals surface area contributed by atoms with Gasteiger partial charge in [-0.2, -0.15) is 0 Å². The van der Waals surface area contributed by atoms with Crippen molar-refractivity contribution in [2.45, 2.75) is 20.3 Å². The number of hydrogen-bond acceptors (Lipinski definition) is 3. The number of carbonyl (C=O) groups excluding carboxylic acids is 1. The molecule has 0 aliphatic carbocycles. The largest absolute Gasteiger partial charge is 0.471 e. The summed E-state index contributed by atoms with van der Waals surface area (Å²) in [6.07, 6.45) is 0.623. The highest BCUT2D eigenvalue weighted by atomic mass is 28.3. The SMILES string of the molecule is CCCNC(=O)OCC.[SiH3]O[SiH3]. The Morgan fingerprint density at radius 2 is 1.92 bits per heavy atom. The molecular formula is C6H19NO3Si2. The molecule has 0 bridgehead atoms. The van der Waals surface area contributed by atoms with Crippen molar-refractivity contribution in [1.82, 2.24) is 5.32 Å². The summed E-state index contributed by atoms with van der Waals surface area (Å²) in [7, 11) is 1.86. The zero-order chi connectivity index (χ0) is 9.82. The fraction of sp³-hybridized carbons (Fsp3) is 0.833.